The van der Waals surface area contributed by atoms with E-state index in [0.717, 1.165) is 5.56 Å². The summed E-state index contributed by atoms with van der Waals surface area (Å²) in [7, 11) is 0. The summed E-state index contributed by atoms with van der Waals surface area (Å²) in [6, 6.07) is 3.68. The van der Waals surface area contributed by atoms with Crippen LogP contribution in [0.25, 0.3) is 5.65 Å². The normalized spacial score (nSPS) is 11.9. The second-order valence-electron chi connectivity index (χ2n) is 3.83. The maximum atomic E-state index is 12.6. The highest BCUT2D eigenvalue weighted by atomic mass is 19.3. The van der Waals surface area contributed by atoms with Crippen LogP contribution in [0.15, 0.2) is 24.5 Å². The molecule has 0 saturated heterocycles. The van der Waals surface area contributed by atoms with Gasteiger partial charge in [0.2, 0.25) is 0 Å². The summed E-state index contributed by atoms with van der Waals surface area (Å²) < 4.78 is 26.7. The van der Waals surface area contributed by atoms with Crippen LogP contribution in [0.1, 0.15) is 37.4 Å². The summed E-state index contributed by atoms with van der Waals surface area (Å²) in [6.07, 6.45) is 0.473. The Morgan fingerprint density at radius 1 is 1.27 bits per heavy atom. The predicted molar refractivity (Wildman–Crippen MR) is 54.2 cm³/mol. The van der Waals surface area contributed by atoms with Crippen LogP contribution < -0.4 is 0 Å². The monoisotopic (exact) mass is 210 g/mol. The molecule has 0 aliphatic rings. The summed E-state index contributed by atoms with van der Waals surface area (Å²) in [6.45, 7) is 4.06. The van der Waals surface area contributed by atoms with E-state index in [4.69, 9.17) is 0 Å². The first kappa shape index (κ1) is 10.1. The van der Waals surface area contributed by atoms with Crippen molar-refractivity contribution in [3.8, 4) is 0 Å². The molecule has 0 bridgehead atoms. The van der Waals surface area contributed by atoms with Crippen LogP contribution in [0.2, 0.25) is 0 Å². The fourth-order valence-corrected chi connectivity index (χ4v) is 1.52. The largest absolute Gasteiger partial charge is 0.298 e. The smallest absolute Gasteiger partial charge is 0.280 e. The molecule has 0 unspecified atom stereocenters. The number of nitrogens with zero attached hydrogens (tertiary/aromatic N) is 2. The molecule has 2 heterocycles. The van der Waals surface area contributed by atoms with Gasteiger partial charge in [0.25, 0.3) is 6.43 Å². The fourth-order valence-electron chi connectivity index (χ4n) is 1.52. The van der Waals surface area contributed by atoms with Crippen molar-refractivity contribution in [3.63, 3.8) is 0 Å². The number of halogens is 2. The highest BCUT2D eigenvalue weighted by Gasteiger charge is 2.13. The van der Waals surface area contributed by atoms with Crippen LogP contribution in [0.5, 0.6) is 0 Å². The van der Waals surface area contributed by atoms with Crippen molar-refractivity contribution in [2.24, 2.45) is 0 Å². The van der Waals surface area contributed by atoms with Gasteiger partial charge in [-0.15, -0.1) is 0 Å². The Bertz CT molecular complexity index is 474. The van der Waals surface area contributed by atoms with Crippen molar-refractivity contribution in [3.05, 3.63) is 35.8 Å². The zero-order valence-corrected chi connectivity index (χ0v) is 8.61. The molecule has 2 aromatic heterocycles. The minimum absolute atomic E-state index is 0.0486. The fraction of sp³-hybridized carbons (Fsp3) is 0.364. The minimum Gasteiger partial charge on any atom is -0.298 e. The van der Waals surface area contributed by atoms with Gasteiger partial charge in [0, 0.05) is 6.20 Å². The molecule has 0 atom stereocenters. The maximum Gasteiger partial charge on any atom is 0.280 e. The first-order valence-electron chi connectivity index (χ1n) is 4.84. The third kappa shape index (κ3) is 1.71. The molecule has 4 heteroatoms. The van der Waals surface area contributed by atoms with Crippen LogP contribution in [-0.2, 0) is 0 Å². The molecule has 0 fully saturated rings. The molecule has 80 valence electrons. The van der Waals surface area contributed by atoms with Gasteiger partial charge in [-0.25, -0.2) is 13.8 Å². The van der Waals surface area contributed by atoms with E-state index in [9.17, 15) is 8.78 Å². The first-order valence-corrected chi connectivity index (χ1v) is 4.84. The highest BCUT2D eigenvalue weighted by Crippen LogP contribution is 2.22. The van der Waals surface area contributed by atoms with Crippen LogP contribution >= 0.6 is 0 Å². The zero-order valence-electron chi connectivity index (χ0n) is 8.61. The Morgan fingerprint density at radius 2 is 2.00 bits per heavy atom. The average molecular weight is 210 g/mol. The number of pyridine rings is 1. The number of imidazole rings is 1. The summed E-state index contributed by atoms with van der Waals surface area (Å²) in [5, 5.41) is 0. The topological polar surface area (TPSA) is 17.3 Å². The highest BCUT2D eigenvalue weighted by molar-refractivity contribution is 5.42. The molecular weight excluding hydrogens is 198 g/mol. The Kier molecular flexibility index (Phi) is 2.42. The first-order chi connectivity index (χ1) is 7.09. The van der Waals surface area contributed by atoms with E-state index in [0.29, 0.717) is 11.6 Å². The van der Waals surface area contributed by atoms with E-state index in [1.54, 1.807) is 12.3 Å². The molecule has 15 heavy (non-hydrogen) atoms. The molecule has 0 amide bonds. The molecule has 0 radical (unpaired) electrons. The third-order valence-corrected chi connectivity index (χ3v) is 2.45. The Balaban J connectivity index is 2.61. The summed E-state index contributed by atoms with van der Waals surface area (Å²) in [5.74, 6) is 0.322. The molecule has 2 rings (SSSR count). The van der Waals surface area contributed by atoms with Crippen LogP contribution in [0.3, 0.4) is 0 Å². The molecule has 0 saturated carbocycles. The quantitative estimate of drug-likeness (QED) is 0.742. The van der Waals surface area contributed by atoms with Crippen molar-refractivity contribution >= 4 is 5.65 Å². The lowest BCUT2D eigenvalue weighted by atomic mass is 10.1. The predicted octanol–water partition coefficient (Wildman–Crippen LogP) is 3.40. The van der Waals surface area contributed by atoms with Crippen molar-refractivity contribution < 1.29 is 8.78 Å². The number of rotatable bonds is 2. The van der Waals surface area contributed by atoms with Gasteiger partial charge in [0.15, 0.2) is 0 Å². The van der Waals surface area contributed by atoms with Gasteiger partial charge in [0.05, 0.1) is 6.20 Å². The molecule has 0 spiro atoms. The van der Waals surface area contributed by atoms with Crippen LogP contribution in [0, 0.1) is 0 Å². The molecule has 0 aliphatic heterocycles. The molecule has 0 aromatic carbocycles. The molecule has 0 N–H and O–H groups in total. The van der Waals surface area contributed by atoms with E-state index in [-0.39, 0.29) is 5.69 Å². The second kappa shape index (κ2) is 3.61. The van der Waals surface area contributed by atoms with Crippen molar-refractivity contribution in [1.82, 2.24) is 9.38 Å². The Morgan fingerprint density at radius 3 is 2.60 bits per heavy atom. The summed E-state index contributed by atoms with van der Waals surface area (Å²) >= 11 is 0. The van der Waals surface area contributed by atoms with Gasteiger partial charge >= 0.3 is 0 Å². The van der Waals surface area contributed by atoms with Crippen molar-refractivity contribution in [2.45, 2.75) is 26.2 Å². The Hall–Kier alpha value is -1.45. The van der Waals surface area contributed by atoms with Gasteiger partial charge in [0.1, 0.15) is 11.3 Å². The van der Waals surface area contributed by atoms with Gasteiger partial charge in [-0.05, 0) is 17.5 Å². The number of alkyl halides is 2. The van der Waals surface area contributed by atoms with Crippen molar-refractivity contribution in [2.75, 3.05) is 0 Å². The number of hydrogen-bond donors (Lipinski definition) is 0. The Labute approximate surface area is 86.6 Å². The molecule has 2 aromatic rings. The number of aromatic nitrogens is 2. The average Bonchev–Trinajstić information content (AvgIpc) is 2.59. The zero-order chi connectivity index (χ0) is 11.0. The van der Waals surface area contributed by atoms with Gasteiger partial charge < -0.3 is 0 Å². The van der Waals surface area contributed by atoms with Gasteiger partial charge in [-0.1, -0.05) is 19.9 Å². The van der Waals surface area contributed by atoms with Gasteiger partial charge in [-0.2, -0.15) is 0 Å². The van der Waals surface area contributed by atoms with E-state index < -0.39 is 6.43 Å². The lowest BCUT2D eigenvalue weighted by Gasteiger charge is -2.07. The third-order valence-electron chi connectivity index (χ3n) is 2.45. The second-order valence-corrected chi connectivity index (χ2v) is 3.83. The maximum absolute atomic E-state index is 12.6. The van der Waals surface area contributed by atoms with Crippen molar-refractivity contribution in [1.29, 1.82) is 0 Å². The minimum atomic E-state index is -2.48. The summed E-state index contributed by atoms with van der Waals surface area (Å²) in [5.41, 5.74) is 1.55. The molecule has 2 nitrogen and oxygen atoms in total. The van der Waals surface area contributed by atoms with E-state index in [1.807, 2.05) is 19.9 Å². The van der Waals surface area contributed by atoms with Gasteiger partial charge in [-0.3, -0.25) is 4.40 Å². The summed E-state index contributed by atoms with van der Waals surface area (Å²) in [4.78, 5) is 3.92. The molecular formula is C11H12F2N2. The lowest BCUT2D eigenvalue weighted by molar-refractivity contribution is 0.145. The van der Waals surface area contributed by atoms with Crippen LogP contribution in [0.4, 0.5) is 8.78 Å². The van der Waals surface area contributed by atoms with E-state index in [1.165, 1.54) is 10.6 Å². The standard InChI is InChI=1S/C11H12F2N2/c1-7(2)8-3-4-10-14-5-9(11(12)13)15(10)6-8/h3-7,11H,1-2H3. The number of hydrogen-bond acceptors (Lipinski definition) is 1. The SMILES string of the molecule is CC(C)c1ccc2ncc(C(F)F)n2c1. The number of fused-ring (bicyclic) bond motifs is 1. The lowest BCUT2D eigenvalue weighted by Crippen LogP contribution is -1.96. The van der Waals surface area contributed by atoms with E-state index >= 15 is 0 Å². The molecule has 0 aliphatic carbocycles. The van der Waals surface area contributed by atoms with Crippen LogP contribution in [-0.4, -0.2) is 9.38 Å². The van der Waals surface area contributed by atoms with E-state index in [2.05, 4.69) is 4.98 Å².